The number of carbonyl (C=O) groups excluding carboxylic acids is 1. The Morgan fingerprint density at radius 2 is 2.15 bits per heavy atom. The predicted molar refractivity (Wildman–Crippen MR) is 81.2 cm³/mol. The van der Waals surface area contributed by atoms with E-state index in [4.69, 9.17) is 5.73 Å². The van der Waals surface area contributed by atoms with Gasteiger partial charge < -0.3 is 11.1 Å². The number of nitrogens with two attached hydrogens (primary N) is 1. The molecule has 110 valence electrons. The first-order valence-electron chi connectivity index (χ1n) is 7.48. The molecule has 4 heteroatoms. The van der Waals surface area contributed by atoms with E-state index in [2.05, 4.69) is 34.5 Å². The fourth-order valence-corrected chi connectivity index (χ4v) is 2.70. The molecule has 0 radical (unpaired) electrons. The molecule has 0 aromatic heterocycles. The van der Waals surface area contributed by atoms with Crippen molar-refractivity contribution in [3.63, 3.8) is 0 Å². The minimum absolute atomic E-state index is 0.0600. The van der Waals surface area contributed by atoms with Gasteiger partial charge in [0.1, 0.15) is 0 Å². The van der Waals surface area contributed by atoms with Crippen LogP contribution in [0.15, 0.2) is 30.3 Å². The van der Waals surface area contributed by atoms with Crippen molar-refractivity contribution >= 4 is 5.91 Å². The Labute approximate surface area is 121 Å². The minimum atomic E-state index is -0.429. The standard InChI is InChI=1S/C16H25N3O/c1-13(17)16(20)18-11-15-9-5-6-10-19(15)12-14-7-3-2-4-8-14/h2-4,7-8,13,15H,5-6,9-12,17H2,1H3,(H,18,20)/t13-,15?/m1/s1. The van der Waals surface area contributed by atoms with E-state index in [0.717, 1.165) is 19.5 Å². The number of piperidine rings is 1. The quantitative estimate of drug-likeness (QED) is 0.856. The van der Waals surface area contributed by atoms with Crippen LogP contribution in [0.25, 0.3) is 0 Å². The highest BCUT2D eigenvalue weighted by atomic mass is 16.2. The van der Waals surface area contributed by atoms with Gasteiger partial charge in [-0.25, -0.2) is 0 Å². The fraction of sp³-hybridized carbons (Fsp3) is 0.562. The highest BCUT2D eigenvalue weighted by molar-refractivity contribution is 5.80. The van der Waals surface area contributed by atoms with Crippen LogP contribution in [-0.4, -0.2) is 36.0 Å². The maximum atomic E-state index is 11.6. The van der Waals surface area contributed by atoms with E-state index in [1.807, 2.05) is 6.07 Å². The summed E-state index contributed by atoms with van der Waals surface area (Å²) in [7, 11) is 0. The third-order valence-corrected chi connectivity index (χ3v) is 3.90. The zero-order valence-electron chi connectivity index (χ0n) is 12.2. The van der Waals surface area contributed by atoms with E-state index in [1.165, 1.54) is 18.4 Å². The van der Waals surface area contributed by atoms with Crippen LogP contribution >= 0.6 is 0 Å². The fourth-order valence-electron chi connectivity index (χ4n) is 2.70. The maximum absolute atomic E-state index is 11.6. The van der Waals surface area contributed by atoms with Gasteiger partial charge in [0.05, 0.1) is 6.04 Å². The number of nitrogens with one attached hydrogen (secondary N) is 1. The lowest BCUT2D eigenvalue weighted by atomic mass is 10.0. The molecule has 1 aliphatic heterocycles. The molecule has 2 rings (SSSR count). The van der Waals surface area contributed by atoms with Crippen LogP contribution in [-0.2, 0) is 11.3 Å². The van der Waals surface area contributed by atoms with Crippen molar-refractivity contribution in [1.82, 2.24) is 10.2 Å². The number of rotatable bonds is 5. The van der Waals surface area contributed by atoms with Crippen LogP contribution < -0.4 is 11.1 Å². The lowest BCUT2D eigenvalue weighted by Crippen LogP contribution is -2.48. The second-order valence-electron chi connectivity index (χ2n) is 5.64. The van der Waals surface area contributed by atoms with Crippen molar-refractivity contribution in [3.8, 4) is 0 Å². The van der Waals surface area contributed by atoms with Crippen LogP contribution in [0.5, 0.6) is 0 Å². The molecule has 1 aromatic carbocycles. The van der Waals surface area contributed by atoms with Crippen molar-refractivity contribution in [2.24, 2.45) is 5.73 Å². The molecule has 1 saturated heterocycles. The lowest BCUT2D eigenvalue weighted by molar-refractivity contribution is -0.122. The zero-order chi connectivity index (χ0) is 14.4. The Morgan fingerprint density at radius 1 is 1.40 bits per heavy atom. The lowest BCUT2D eigenvalue weighted by Gasteiger charge is -2.36. The number of hydrogen-bond donors (Lipinski definition) is 2. The SMILES string of the molecule is C[C@@H](N)C(=O)NCC1CCCCN1Cc1ccccc1. The van der Waals surface area contributed by atoms with Crippen molar-refractivity contribution in [2.75, 3.05) is 13.1 Å². The van der Waals surface area contributed by atoms with Gasteiger partial charge >= 0.3 is 0 Å². The first-order valence-corrected chi connectivity index (χ1v) is 7.48. The third kappa shape index (κ3) is 4.32. The Bertz CT molecular complexity index is 419. The van der Waals surface area contributed by atoms with Crippen molar-refractivity contribution in [2.45, 2.75) is 44.8 Å². The molecule has 1 heterocycles. The van der Waals surface area contributed by atoms with Crippen LogP contribution in [0.2, 0.25) is 0 Å². The summed E-state index contributed by atoms with van der Waals surface area (Å²) >= 11 is 0. The highest BCUT2D eigenvalue weighted by Crippen LogP contribution is 2.19. The molecular formula is C16H25N3O. The Morgan fingerprint density at radius 3 is 2.85 bits per heavy atom. The molecular weight excluding hydrogens is 250 g/mol. The molecule has 1 unspecified atom stereocenters. The largest absolute Gasteiger partial charge is 0.353 e. The summed E-state index contributed by atoms with van der Waals surface area (Å²) in [6, 6.07) is 10.5. The third-order valence-electron chi connectivity index (χ3n) is 3.90. The topological polar surface area (TPSA) is 58.4 Å². The highest BCUT2D eigenvalue weighted by Gasteiger charge is 2.23. The molecule has 0 bridgehead atoms. The first kappa shape index (κ1) is 15.0. The molecule has 0 spiro atoms. The molecule has 4 nitrogen and oxygen atoms in total. The van der Waals surface area contributed by atoms with Gasteiger partial charge in [-0.15, -0.1) is 0 Å². The second-order valence-corrected chi connectivity index (χ2v) is 5.64. The summed E-state index contributed by atoms with van der Waals surface area (Å²) in [5, 5.41) is 2.96. The summed E-state index contributed by atoms with van der Waals surface area (Å²) in [6.07, 6.45) is 3.63. The summed E-state index contributed by atoms with van der Waals surface area (Å²) in [6.45, 7) is 4.48. The van der Waals surface area contributed by atoms with Gasteiger partial charge in [-0.1, -0.05) is 36.8 Å². The summed E-state index contributed by atoms with van der Waals surface area (Å²) < 4.78 is 0. The molecule has 1 fully saturated rings. The van der Waals surface area contributed by atoms with Gasteiger partial charge in [-0.05, 0) is 31.9 Å². The number of benzene rings is 1. The number of carbonyl (C=O) groups is 1. The molecule has 1 amide bonds. The zero-order valence-corrected chi connectivity index (χ0v) is 12.2. The molecule has 2 atom stereocenters. The van der Waals surface area contributed by atoms with Crippen LogP contribution in [0.3, 0.4) is 0 Å². The molecule has 0 saturated carbocycles. The first-order chi connectivity index (χ1) is 9.66. The predicted octanol–water partition coefficient (Wildman–Crippen LogP) is 1.50. The monoisotopic (exact) mass is 275 g/mol. The van der Waals surface area contributed by atoms with Gasteiger partial charge in [0.25, 0.3) is 0 Å². The van der Waals surface area contributed by atoms with Crippen LogP contribution in [0.1, 0.15) is 31.7 Å². The van der Waals surface area contributed by atoms with Crippen molar-refractivity contribution in [1.29, 1.82) is 0 Å². The van der Waals surface area contributed by atoms with E-state index in [0.29, 0.717) is 12.6 Å². The number of nitrogens with zero attached hydrogens (tertiary/aromatic N) is 1. The van der Waals surface area contributed by atoms with E-state index >= 15 is 0 Å². The van der Waals surface area contributed by atoms with Gasteiger partial charge in [-0.2, -0.15) is 0 Å². The van der Waals surface area contributed by atoms with Crippen molar-refractivity contribution < 1.29 is 4.79 Å². The number of amides is 1. The molecule has 1 aromatic rings. The average molecular weight is 275 g/mol. The van der Waals surface area contributed by atoms with E-state index in [-0.39, 0.29) is 5.91 Å². The van der Waals surface area contributed by atoms with Crippen molar-refractivity contribution in [3.05, 3.63) is 35.9 Å². The minimum Gasteiger partial charge on any atom is -0.353 e. The van der Waals surface area contributed by atoms with E-state index in [1.54, 1.807) is 6.92 Å². The van der Waals surface area contributed by atoms with Gasteiger partial charge in [0.2, 0.25) is 5.91 Å². The molecule has 0 aliphatic carbocycles. The van der Waals surface area contributed by atoms with Gasteiger partial charge in [0, 0.05) is 19.1 Å². The number of hydrogen-bond acceptors (Lipinski definition) is 3. The smallest absolute Gasteiger partial charge is 0.236 e. The van der Waals surface area contributed by atoms with E-state index in [9.17, 15) is 4.79 Å². The van der Waals surface area contributed by atoms with Crippen LogP contribution in [0, 0.1) is 0 Å². The average Bonchev–Trinajstić information content (AvgIpc) is 2.47. The van der Waals surface area contributed by atoms with Gasteiger partial charge in [0.15, 0.2) is 0 Å². The second kappa shape index (κ2) is 7.41. The summed E-state index contributed by atoms with van der Waals surface area (Å²) in [5.41, 5.74) is 6.92. The normalized spacial score (nSPS) is 21.4. The van der Waals surface area contributed by atoms with E-state index < -0.39 is 6.04 Å². The maximum Gasteiger partial charge on any atom is 0.236 e. The number of likely N-dealkylation sites (tertiary alicyclic amines) is 1. The van der Waals surface area contributed by atoms with Crippen LogP contribution in [0.4, 0.5) is 0 Å². The molecule has 1 aliphatic rings. The molecule has 20 heavy (non-hydrogen) atoms. The Hall–Kier alpha value is -1.39. The summed E-state index contributed by atoms with van der Waals surface area (Å²) in [4.78, 5) is 14.1. The molecule has 3 N–H and O–H groups in total. The Balaban J connectivity index is 1.90. The van der Waals surface area contributed by atoms with Gasteiger partial charge in [-0.3, -0.25) is 9.69 Å². The summed E-state index contributed by atoms with van der Waals surface area (Å²) in [5.74, 6) is -0.0600. The Kier molecular flexibility index (Phi) is 5.56.